The molecule has 1 spiro atoms. The van der Waals surface area contributed by atoms with Gasteiger partial charge in [-0.25, -0.2) is 4.79 Å². The van der Waals surface area contributed by atoms with Gasteiger partial charge in [0, 0.05) is 31.8 Å². The highest BCUT2D eigenvalue weighted by Crippen LogP contribution is 2.46. The summed E-state index contributed by atoms with van der Waals surface area (Å²) in [5.41, 5.74) is 0.206. The van der Waals surface area contributed by atoms with E-state index in [0.29, 0.717) is 26.1 Å². The Morgan fingerprint density at radius 3 is 2.54 bits per heavy atom. The molecule has 6 heteroatoms. The van der Waals surface area contributed by atoms with Crippen LogP contribution in [0.4, 0.5) is 4.79 Å². The minimum absolute atomic E-state index is 0.0667. The maximum atomic E-state index is 12.4. The Kier molecular flexibility index (Phi) is 5.87. The zero-order valence-electron chi connectivity index (χ0n) is 17.3. The number of carbonyl (C=O) groups excluding carboxylic acids is 2. The van der Waals surface area contributed by atoms with E-state index in [4.69, 9.17) is 14.2 Å². The molecule has 2 aliphatic rings. The van der Waals surface area contributed by atoms with E-state index in [2.05, 4.69) is 0 Å². The van der Waals surface area contributed by atoms with Crippen LogP contribution in [-0.2, 0) is 14.3 Å². The Morgan fingerprint density at radius 2 is 1.89 bits per heavy atom. The van der Waals surface area contributed by atoms with Crippen LogP contribution in [0.1, 0.15) is 64.9 Å². The number of hydrogen-bond acceptors (Lipinski definition) is 5. The minimum atomic E-state index is -0.503. The molecule has 0 aromatic heterocycles. The van der Waals surface area contributed by atoms with Crippen LogP contribution in [0.2, 0.25) is 0 Å². The predicted octanol–water partition coefficient (Wildman–Crippen LogP) is 4.28. The first-order valence-electron chi connectivity index (χ1n) is 10.1. The molecule has 0 aliphatic carbocycles. The van der Waals surface area contributed by atoms with Crippen molar-refractivity contribution in [3.05, 3.63) is 29.8 Å². The standard InChI is InChI=1S/C22H31NO5/c1-5-26-19(24)14-16-15-22(27-18-9-7-6-8-17(16)18)10-12-23(13-11-22)20(25)28-21(2,3)4/h6-9,16H,5,10-15H2,1-4H3/t16-/m0/s1. The number of ether oxygens (including phenoxy) is 3. The lowest BCUT2D eigenvalue weighted by Crippen LogP contribution is -2.52. The second-order valence-electron chi connectivity index (χ2n) is 8.70. The number of amides is 1. The van der Waals surface area contributed by atoms with Gasteiger partial charge in [-0.15, -0.1) is 0 Å². The fraction of sp³-hybridized carbons (Fsp3) is 0.636. The molecule has 2 aliphatic heterocycles. The summed E-state index contributed by atoms with van der Waals surface area (Å²) in [4.78, 5) is 26.3. The molecule has 0 radical (unpaired) electrons. The highest BCUT2D eigenvalue weighted by Gasteiger charge is 2.44. The van der Waals surface area contributed by atoms with Crippen LogP contribution < -0.4 is 4.74 Å². The summed E-state index contributed by atoms with van der Waals surface area (Å²) >= 11 is 0. The van der Waals surface area contributed by atoms with E-state index in [0.717, 1.165) is 30.6 Å². The second-order valence-corrected chi connectivity index (χ2v) is 8.70. The van der Waals surface area contributed by atoms with Crippen LogP contribution in [0.5, 0.6) is 5.75 Å². The van der Waals surface area contributed by atoms with Crippen LogP contribution in [-0.4, -0.2) is 47.9 Å². The first-order chi connectivity index (χ1) is 13.2. The quantitative estimate of drug-likeness (QED) is 0.722. The first kappa shape index (κ1) is 20.5. The number of piperidine rings is 1. The summed E-state index contributed by atoms with van der Waals surface area (Å²) in [5.74, 6) is 0.733. The van der Waals surface area contributed by atoms with Crippen LogP contribution in [0.15, 0.2) is 24.3 Å². The molecule has 0 saturated carbocycles. The number of nitrogens with zero attached hydrogens (tertiary/aromatic N) is 1. The number of esters is 1. The molecule has 1 saturated heterocycles. The van der Waals surface area contributed by atoms with Crippen molar-refractivity contribution in [2.75, 3.05) is 19.7 Å². The predicted molar refractivity (Wildman–Crippen MR) is 105 cm³/mol. The van der Waals surface area contributed by atoms with Gasteiger partial charge >= 0.3 is 12.1 Å². The van der Waals surface area contributed by atoms with E-state index < -0.39 is 5.60 Å². The van der Waals surface area contributed by atoms with Crippen molar-refractivity contribution in [3.63, 3.8) is 0 Å². The molecule has 0 unspecified atom stereocenters. The van der Waals surface area contributed by atoms with Gasteiger partial charge in [0.2, 0.25) is 0 Å². The van der Waals surface area contributed by atoms with Crippen LogP contribution in [0, 0.1) is 0 Å². The van der Waals surface area contributed by atoms with Crippen LogP contribution >= 0.6 is 0 Å². The Hall–Kier alpha value is -2.24. The lowest BCUT2D eigenvalue weighted by molar-refractivity contribution is -0.144. The summed E-state index contributed by atoms with van der Waals surface area (Å²) in [6, 6.07) is 7.93. The van der Waals surface area contributed by atoms with Crippen LogP contribution in [0.25, 0.3) is 0 Å². The van der Waals surface area contributed by atoms with Gasteiger partial charge in [-0.3, -0.25) is 4.79 Å². The lowest BCUT2D eigenvalue weighted by atomic mass is 9.76. The Balaban J connectivity index is 1.71. The van der Waals surface area contributed by atoms with E-state index in [1.807, 2.05) is 52.0 Å². The molecule has 1 amide bonds. The Labute approximate surface area is 167 Å². The van der Waals surface area contributed by atoms with E-state index in [9.17, 15) is 9.59 Å². The molecule has 1 aromatic carbocycles. The molecule has 0 bridgehead atoms. The topological polar surface area (TPSA) is 65.1 Å². The monoisotopic (exact) mass is 389 g/mol. The van der Waals surface area contributed by atoms with E-state index in [-0.39, 0.29) is 23.6 Å². The summed E-state index contributed by atoms with van der Waals surface area (Å²) in [7, 11) is 0. The van der Waals surface area contributed by atoms with Gasteiger partial charge in [-0.1, -0.05) is 18.2 Å². The molecule has 1 atom stereocenters. The fourth-order valence-electron chi connectivity index (χ4n) is 4.08. The van der Waals surface area contributed by atoms with Crippen molar-refractivity contribution in [2.24, 2.45) is 0 Å². The summed E-state index contributed by atoms with van der Waals surface area (Å²) < 4.78 is 17.1. The summed E-state index contributed by atoms with van der Waals surface area (Å²) in [6.45, 7) is 9.00. The Bertz CT molecular complexity index is 716. The zero-order valence-corrected chi connectivity index (χ0v) is 17.3. The SMILES string of the molecule is CCOC(=O)C[C@H]1CC2(CCN(C(=O)OC(C)(C)C)CC2)Oc2ccccc21. The lowest BCUT2D eigenvalue weighted by Gasteiger charge is -2.46. The molecule has 154 valence electrons. The summed E-state index contributed by atoms with van der Waals surface area (Å²) in [5, 5.41) is 0. The Morgan fingerprint density at radius 1 is 1.21 bits per heavy atom. The first-order valence-corrected chi connectivity index (χ1v) is 10.1. The number of para-hydroxylation sites is 1. The number of fused-ring (bicyclic) bond motifs is 1. The van der Waals surface area contributed by atoms with Crippen LogP contribution in [0.3, 0.4) is 0 Å². The van der Waals surface area contributed by atoms with Gasteiger partial charge in [0.1, 0.15) is 17.0 Å². The highest BCUT2D eigenvalue weighted by molar-refractivity contribution is 5.71. The third kappa shape index (κ3) is 4.78. The van der Waals surface area contributed by atoms with E-state index in [1.54, 1.807) is 4.90 Å². The molecule has 2 heterocycles. The average Bonchev–Trinajstić information content (AvgIpc) is 2.61. The highest BCUT2D eigenvalue weighted by atomic mass is 16.6. The van der Waals surface area contributed by atoms with E-state index >= 15 is 0 Å². The summed E-state index contributed by atoms with van der Waals surface area (Å²) in [6.07, 6.45) is 2.28. The molecule has 3 rings (SSSR count). The van der Waals surface area contributed by atoms with Crippen molar-refractivity contribution in [2.45, 2.75) is 70.5 Å². The van der Waals surface area contributed by atoms with Gasteiger partial charge in [-0.05, 0) is 45.7 Å². The van der Waals surface area contributed by atoms with Crippen molar-refractivity contribution in [1.29, 1.82) is 0 Å². The number of carbonyl (C=O) groups is 2. The molecular formula is C22H31NO5. The van der Waals surface area contributed by atoms with Gasteiger partial charge < -0.3 is 19.1 Å². The third-order valence-corrected chi connectivity index (χ3v) is 5.35. The molecule has 28 heavy (non-hydrogen) atoms. The number of hydrogen-bond donors (Lipinski definition) is 0. The molecule has 1 fully saturated rings. The molecule has 6 nitrogen and oxygen atoms in total. The molecule has 0 N–H and O–H groups in total. The largest absolute Gasteiger partial charge is 0.487 e. The van der Waals surface area contributed by atoms with Crippen molar-refractivity contribution >= 4 is 12.1 Å². The van der Waals surface area contributed by atoms with Crippen molar-refractivity contribution < 1.29 is 23.8 Å². The van der Waals surface area contributed by atoms with Gasteiger partial charge in [0.15, 0.2) is 0 Å². The number of rotatable bonds is 3. The fourth-order valence-corrected chi connectivity index (χ4v) is 4.08. The normalized spacial score (nSPS) is 20.9. The third-order valence-electron chi connectivity index (χ3n) is 5.35. The van der Waals surface area contributed by atoms with Gasteiger partial charge in [-0.2, -0.15) is 0 Å². The van der Waals surface area contributed by atoms with Crippen molar-refractivity contribution in [3.8, 4) is 5.75 Å². The zero-order chi connectivity index (χ0) is 20.4. The number of benzene rings is 1. The molecule has 1 aromatic rings. The van der Waals surface area contributed by atoms with Gasteiger partial charge in [0.25, 0.3) is 0 Å². The van der Waals surface area contributed by atoms with E-state index in [1.165, 1.54) is 0 Å². The number of likely N-dealkylation sites (tertiary alicyclic amines) is 1. The maximum Gasteiger partial charge on any atom is 0.410 e. The van der Waals surface area contributed by atoms with Crippen molar-refractivity contribution in [1.82, 2.24) is 4.90 Å². The minimum Gasteiger partial charge on any atom is -0.487 e. The second kappa shape index (κ2) is 8.02. The maximum absolute atomic E-state index is 12.4. The van der Waals surface area contributed by atoms with Gasteiger partial charge in [0.05, 0.1) is 13.0 Å². The average molecular weight is 389 g/mol. The molecular weight excluding hydrogens is 358 g/mol. The smallest absolute Gasteiger partial charge is 0.410 e.